The molecular weight excluding hydrogens is 276 g/mol. The maximum absolute atomic E-state index is 5.62. The van der Waals surface area contributed by atoms with Gasteiger partial charge in [0.15, 0.2) is 0 Å². The normalized spacial score (nSPS) is 17.4. The topological polar surface area (TPSA) is 81.5 Å². The van der Waals surface area contributed by atoms with Crippen LogP contribution >= 0.6 is 0 Å². The number of rotatable bonds is 1. The summed E-state index contributed by atoms with van der Waals surface area (Å²) in [6.07, 6.45) is 4.56. The molecule has 0 amide bonds. The summed E-state index contributed by atoms with van der Waals surface area (Å²) >= 11 is 0. The number of nitrogens with two attached hydrogens (primary N) is 1. The summed E-state index contributed by atoms with van der Waals surface area (Å²) in [5.74, 6) is 0.639. The van der Waals surface area contributed by atoms with Crippen LogP contribution in [0, 0.1) is 0 Å². The van der Waals surface area contributed by atoms with E-state index >= 15 is 0 Å². The Morgan fingerprint density at radius 2 is 2.14 bits per heavy atom. The molecule has 1 aliphatic rings. The van der Waals surface area contributed by atoms with Crippen molar-refractivity contribution in [3.8, 4) is 11.3 Å². The van der Waals surface area contributed by atoms with Gasteiger partial charge in [0.05, 0.1) is 28.8 Å². The fraction of sp³-hybridized carbons (Fsp3) is 0.250. The molecule has 0 aromatic carbocycles. The number of pyridine rings is 1. The minimum atomic E-state index is 0.256. The molecule has 0 spiro atoms. The molecule has 110 valence electrons. The van der Waals surface area contributed by atoms with Gasteiger partial charge in [-0.2, -0.15) is 0 Å². The van der Waals surface area contributed by atoms with Crippen molar-refractivity contribution < 1.29 is 0 Å². The number of aromatic nitrogens is 4. The highest BCUT2D eigenvalue weighted by Crippen LogP contribution is 2.35. The molecule has 0 fully saturated rings. The fourth-order valence-electron chi connectivity index (χ4n) is 3.00. The van der Waals surface area contributed by atoms with E-state index in [1.165, 1.54) is 0 Å². The second kappa shape index (κ2) is 4.62. The van der Waals surface area contributed by atoms with E-state index in [1.54, 1.807) is 10.7 Å². The van der Waals surface area contributed by atoms with Crippen LogP contribution in [0.3, 0.4) is 0 Å². The van der Waals surface area contributed by atoms with Crippen molar-refractivity contribution in [2.75, 3.05) is 5.73 Å². The lowest BCUT2D eigenvalue weighted by Gasteiger charge is -2.19. The highest BCUT2D eigenvalue weighted by molar-refractivity contribution is 5.88. The van der Waals surface area contributed by atoms with Crippen molar-refractivity contribution in [3.05, 3.63) is 36.3 Å². The van der Waals surface area contributed by atoms with Gasteiger partial charge in [-0.3, -0.25) is 9.98 Å². The van der Waals surface area contributed by atoms with E-state index < -0.39 is 0 Å². The lowest BCUT2D eigenvalue weighted by molar-refractivity contribution is 0.757. The maximum Gasteiger partial charge on any atom is 0.238 e. The van der Waals surface area contributed by atoms with E-state index in [1.807, 2.05) is 24.4 Å². The molecule has 6 heteroatoms. The van der Waals surface area contributed by atoms with E-state index in [9.17, 15) is 0 Å². The van der Waals surface area contributed by atoms with Gasteiger partial charge in [0, 0.05) is 23.4 Å². The van der Waals surface area contributed by atoms with Gasteiger partial charge in [0.1, 0.15) is 0 Å². The van der Waals surface area contributed by atoms with Gasteiger partial charge in [-0.05, 0) is 31.5 Å². The average molecular weight is 292 g/mol. The first-order valence-electron chi connectivity index (χ1n) is 7.27. The second-order valence-electron chi connectivity index (χ2n) is 5.73. The fourth-order valence-corrected chi connectivity index (χ4v) is 3.00. The average Bonchev–Trinajstić information content (AvgIpc) is 2.89. The minimum Gasteiger partial charge on any atom is -0.367 e. The molecule has 22 heavy (non-hydrogen) atoms. The zero-order valence-electron chi connectivity index (χ0n) is 12.5. The van der Waals surface area contributed by atoms with Crippen LogP contribution in [0.1, 0.15) is 31.9 Å². The summed E-state index contributed by atoms with van der Waals surface area (Å²) in [5.41, 5.74) is 11.6. The summed E-state index contributed by atoms with van der Waals surface area (Å²) in [4.78, 5) is 13.5. The highest BCUT2D eigenvalue weighted by atomic mass is 15.3. The van der Waals surface area contributed by atoms with Crippen LogP contribution in [0.25, 0.3) is 16.8 Å². The van der Waals surface area contributed by atoms with Gasteiger partial charge in [-0.25, -0.2) is 9.50 Å². The van der Waals surface area contributed by atoms with Gasteiger partial charge in [0.2, 0.25) is 5.95 Å². The molecule has 0 aliphatic carbocycles. The molecule has 1 unspecified atom stereocenters. The first-order chi connectivity index (χ1) is 10.6. The molecule has 1 atom stereocenters. The lowest BCUT2D eigenvalue weighted by atomic mass is 9.95. The molecule has 4 heterocycles. The molecule has 3 aromatic heterocycles. The molecule has 4 rings (SSSR count). The quantitative estimate of drug-likeness (QED) is 0.747. The third kappa shape index (κ3) is 1.95. The Morgan fingerprint density at radius 3 is 3.00 bits per heavy atom. The van der Waals surface area contributed by atoms with Crippen LogP contribution in [0.5, 0.6) is 0 Å². The van der Waals surface area contributed by atoms with E-state index in [0.717, 1.165) is 40.3 Å². The predicted octanol–water partition coefficient (Wildman–Crippen LogP) is 2.97. The van der Waals surface area contributed by atoms with E-state index in [-0.39, 0.29) is 5.95 Å². The van der Waals surface area contributed by atoms with Crippen molar-refractivity contribution in [2.45, 2.75) is 26.2 Å². The molecule has 3 aromatic rings. The molecule has 0 bridgehead atoms. The predicted molar refractivity (Wildman–Crippen MR) is 86.4 cm³/mol. The molecular formula is C16H16N6. The SMILES string of the molecule is CC1=Nc2ccc(-c3ccn4nc(N)ncc34)nc2C(C)C1. The van der Waals surface area contributed by atoms with Crippen molar-refractivity contribution in [2.24, 2.45) is 4.99 Å². The Kier molecular flexibility index (Phi) is 2.72. The van der Waals surface area contributed by atoms with Crippen LogP contribution in [0.4, 0.5) is 11.6 Å². The Bertz CT molecular complexity index is 908. The van der Waals surface area contributed by atoms with Crippen LogP contribution in [-0.4, -0.2) is 25.3 Å². The van der Waals surface area contributed by atoms with Crippen molar-refractivity contribution in [1.29, 1.82) is 0 Å². The van der Waals surface area contributed by atoms with E-state index in [2.05, 4.69) is 28.9 Å². The molecule has 6 nitrogen and oxygen atoms in total. The van der Waals surface area contributed by atoms with Gasteiger partial charge >= 0.3 is 0 Å². The Labute approximate surface area is 127 Å². The number of anilines is 1. The number of hydrogen-bond acceptors (Lipinski definition) is 5. The van der Waals surface area contributed by atoms with Crippen LogP contribution in [0.2, 0.25) is 0 Å². The van der Waals surface area contributed by atoms with Gasteiger partial charge < -0.3 is 5.73 Å². The summed E-state index contributed by atoms with van der Waals surface area (Å²) in [7, 11) is 0. The number of hydrogen-bond donors (Lipinski definition) is 1. The lowest BCUT2D eigenvalue weighted by Crippen LogP contribution is -2.09. The third-order valence-electron chi connectivity index (χ3n) is 3.99. The number of aliphatic imine (C=N–C) groups is 1. The largest absolute Gasteiger partial charge is 0.367 e. The number of fused-ring (bicyclic) bond motifs is 2. The second-order valence-corrected chi connectivity index (χ2v) is 5.73. The highest BCUT2D eigenvalue weighted by Gasteiger charge is 2.20. The van der Waals surface area contributed by atoms with E-state index in [4.69, 9.17) is 10.7 Å². The monoisotopic (exact) mass is 292 g/mol. The van der Waals surface area contributed by atoms with E-state index in [0.29, 0.717) is 5.92 Å². The third-order valence-corrected chi connectivity index (χ3v) is 3.99. The van der Waals surface area contributed by atoms with Crippen LogP contribution < -0.4 is 5.73 Å². The van der Waals surface area contributed by atoms with Crippen molar-refractivity contribution in [1.82, 2.24) is 19.6 Å². The maximum atomic E-state index is 5.62. The summed E-state index contributed by atoms with van der Waals surface area (Å²) in [5, 5.41) is 4.17. The Balaban J connectivity index is 1.88. The minimum absolute atomic E-state index is 0.256. The first kappa shape index (κ1) is 12.9. The molecule has 0 saturated heterocycles. The molecule has 0 saturated carbocycles. The Morgan fingerprint density at radius 1 is 1.27 bits per heavy atom. The van der Waals surface area contributed by atoms with Gasteiger partial charge in [-0.15, -0.1) is 5.10 Å². The van der Waals surface area contributed by atoms with Crippen LogP contribution in [0.15, 0.2) is 35.6 Å². The van der Waals surface area contributed by atoms with Crippen LogP contribution in [-0.2, 0) is 0 Å². The smallest absolute Gasteiger partial charge is 0.238 e. The number of nitrogen functional groups attached to an aromatic ring is 1. The molecule has 0 radical (unpaired) electrons. The summed E-state index contributed by atoms with van der Waals surface area (Å²) < 4.78 is 1.73. The first-order valence-corrected chi connectivity index (χ1v) is 7.27. The van der Waals surface area contributed by atoms with Gasteiger partial charge in [-0.1, -0.05) is 6.92 Å². The summed E-state index contributed by atoms with van der Waals surface area (Å²) in [6, 6.07) is 6.03. The zero-order valence-corrected chi connectivity index (χ0v) is 12.5. The standard InChI is InChI=1S/C16H16N6/c1-9-7-10(2)19-13-4-3-12(20-15(9)13)11-5-6-22-14(11)8-18-16(17)21-22/h3-6,8-9H,7H2,1-2H3,(H2,17,21). The summed E-state index contributed by atoms with van der Waals surface area (Å²) in [6.45, 7) is 4.26. The number of nitrogens with zero attached hydrogens (tertiary/aromatic N) is 5. The van der Waals surface area contributed by atoms with Gasteiger partial charge in [0.25, 0.3) is 0 Å². The molecule has 1 aliphatic heterocycles. The van der Waals surface area contributed by atoms with Crippen molar-refractivity contribution in [3.63, 3.8) is 0 Å². The Hall–Kier alpha value is -2.76. The zero-order chi connectivity index (χ0) is 15.3. The van der Waals surface area contributed by atoms with Crippen molar-refractivity contribution >= 4 is 22.9 Å². The molecule has 2 N–H and O–H groups in total.